The predicted octanol–water partition coefficient (Wildman–Crippen LogP) is 1.32. The number of benzene rings is 1. The number of unbranched alkanes of at least 4 members (excludes halogenated alkanes) is 1. The van der Waals surface area contributed by atoms with Crippen LogP contribution < -0.4 is 27.4 Å². The highest BCUT2D eigenvalue weighted by molar-refractivity contribution is 5.94. The van der Waals surface area contributed by atoms with Crippen molar-refractivity contribution in [1.29, 1.82) is 0 Å². The van der Waals surface area contributed by atoms with Crippen molar-refractivity contribution in [3.63, 3.8) is 0 Å². The van der Waals surface area contributed by atoms with Gasteiger partial charge in [0, 0.05) is 6.42 Å². The van der Waals surface area contributed by atoms with Crippen LogP contribution in [-0.4, -0.2) is 59.5 Å². The van der Waals surface area contributed by atoms with Gasteiger partial charge < -0.3 is 32.5 Å². The maximum absolute atomic E-state index is 13.3. The van der Waals surface area contributed by atoms with Crippen LogP contribution in [0.5, 0.6) is 0 Å². The first-order valence-electron chi connectivity index (χ1n) is 13.1. The van der Waals surface area contributed by atoms with Gasteiger partial charge in [0.05, 0.1) is 6.04 Å². The molecule has 0 bridgehead atoms. The summed E-state index contributed by atoms with van der Waals surface area (Å²) in [6.45, 7) is 8.04. The van der Waals surface area contributed by atoms with E-state index in [0.29, 0.717) is 38.6 Å². The molecule has 0 saturated carbocycles. The van der Waals surface area contributed by atoms with Gasteiger partial charge in [-0.3, -0.25) is 14.4 Å². The molecule has 0 aliphatic carbocycles. The van der Waals surface area contributed by atoms with Crippen LogP contribution in [0.15, 0.2) is 30.3 Å². The fourth-order valence-electron chi connectivity index (χ4n) is 3.92. The van der Waals surface area contributed by atoms with Crippen LogP contribution in [0, 0.1) is 11.8 Å². The first-order valence-corrected chi connectivity index (χ1v) is 13.1. The van der Waals surface area contributed by atoms with Crippen LogP contribution in [0.25, 0.3) is 0 Å². The van der Waals surface area contributed by atoms with Crippen LogP contribution in [-0.2, 0) is 25.6 Å². The molecule has 5 unspecified atom stereocenters. The Morgan fingerprint density at radius 1 is 0.892 bits per heavy atom. The fraction of sp³-hybridized carbons (Fsp3) is 0.630. The van der Waals surface area contributed by atoms with E-state index in [1.165, 1.54) is 0 Å². The van der Waals surface area contributed by atoms with Gasteiger partial charge in [-0.2, -0.15) is 0 Å². The van der Waals surface area contributed by atoms with Gasteiger partial charge in [-0.1, -0.05) is 64.4 Å². The van der Waals surface area contributed by atoms with E-state index < -0.39 is 47.9 Å². The summed E-state index contributed by atoms with van der Waals surface area (Å²) >= 11 is 0. The molecule has 0 aromatic heterocycles. The second-order valence-corrected chi connectivity index (χ2v) is 10.0. The van der Waals surface area contributed by atoms with Gasteiger partial charge in [0.1, 0.15) is 18.1 Å². The third kappa shape index (κ3) is 11.7. The zero-order chi connectivity index (χ0) is 28.0. The van der Waals surface area contributed by atoms with Crippen molar-refractivity contribution in [1.82, 2.24) is 16.0 Å². The Balaban J connectivity index is 3.01. The number of amides is 3. The second-order valence-electron chi connectivity index (χ2n) is 10.0. The third-order valence-corrected chi connectivity index (χ3v) is 6.33. The molecule has 10 heteroatoms. The summed E-state index contributed by atoms with van der Waals surface area (Å²) < 4.78 is 0. The molecule has 0 aliphatic heterocycles. The molecule has 1 aromatic rings. The third-order valence-electron chi connectivity index (χ3n) is 6.33. The zero-order valence-electron chi connectivity index (χ0n) is 22.5. The topological polar surface area (TPSA) is 177 Å². The lowest BCUT2D eigenvalue weighted by atomic mass is 9.96. The molecular weight excluding hydrogens is 474 g/mol. The molecule has 3 amide bonds. The van der Waals surface area contributed by atoms with Crippen LogP contribution in [0.3, 0.4) is 0 Å². The Hall–Kier alpha value is -2.98. The molecular formula is C27H45N5O5. The minimum absolute atomic E-state index is 0.106. The molecule has 37 heavy (non-hydrogen) atoms. The number of carboxylic acids is 1. The van der Waals surface area contributed by atoms with Gasteiger partial charge in [0.15, 0.2) is 0 Å². The van der Waals surface area contributed by atoms with E-state index in [1.807, 2.05) is 26.8 Å². The summed E-state index contributed by atoms with van der Waals surface area (Å²) in [6.07, 6.45) is 2.76. The number of aliphatic carboxylic acids is 1. The van der Waals surface area contributed by atoms with Crippen LogP contribution >= 0.6 is 0 Å². The highest BCUT2D eigenvalue weighted by Gasteiger charge is 2.32. The number of rotatable bonds is 17. The summed E-state index contributed by atoms with van der Waals surface area (Å²) in [5, 5.41) is 17.8. The quantitative estimate of drug-likeness (QED) is 0.168. The largest absolute Gasteiger partial charge is 0.480 e. The Bertz CT molecular complexity index is 864. The molecule has 0 radical (unpaired) electrons. The minimum Gasteiger partial charge on any atom is -0.480 e. The lowest BCUT2D eigenvalue weighted by Crippen LogP contribution is -2.58. The van der Waals surface area contributed by atoms with Gasteiger partial charge in [-0.05, 0) is 49.6 Å². The molecule has 208 valence electrons. The highest BCUT2D eigenvalue weighted by Crippen LogP contribution is 2.12. The van der Waals surface area contributed by atoms with E-state index in [1.54, 1.807) is 31.2 Å². The van der Waals surface area contributed by atoms with Gasteiger partial charge >= 0.3 is 5.97 Å². The molecule has 0 heterocycles. The maximum Gasteiger partial charge on any atom is 0.326 e. The zero-order valence-corrected chi connectivity index (χ0v) is 22.5. The van der Waals surface area contributed by atoms with Gasteiger partial charge in [-0.15, -0.1) is 0 Å². The summed E-state index contributed by atoms with van der Waals surface area (Å²) in [4.78, 5) is 51.0. The maximum atomic E-state index is 13.3. The summed E-state index contributed by atoms with van der Waals surface area (Å²) in [7, 11) is 0. The van der Waals surface area contributed by atoms with Crippen molar-refractivity contribution in [3.8, 4) is 0 Å². The summed E-state index contributed by atoms with van der Waals surface area (Å²) in [5.74, 6) is -2.77. The van der Waals surface area contributed by atoms with E-state index in [4.69, 9.17) is 11.5 Å². The monoisotopic (exact) mass is 519 g/mol. The first-order chi connectivity index (χ1) is 17.5. The van der Waals surface area contributed by atoms with Crippen LogP contribution in [0.4, 0.5) is 0 Å². The minimum atomic E-state index is -1.17. The number of carboxylic acid groups (broad SMARTS) is 1. The number of nitrogens with two attached hydrogens (primary N) is 2. The Morgan fingerprint density at radius 2 is 1.51 bits per heavy atom. The van der Waals surface area contributed by atoms with E-state index >= 15 is 0 Å². The van der Waals surface area contributed by atoms with Crippen LogP contribution in [0.2, 0.25) is 0 Å². The molecule has 5 atom stereocenters. The number of hydrogen-bond donors (Lipinski definition) is 6. The lowest BCUT2D eigenvalue weighted by Gasteiger charge is -2.28. The van der Waals surface area contributed by atoms with E-state index in [-0.39, 0.29) is 18.3 Å². The number of carbonyl (C=O) groups excluding carboxylic acids is 3. The van der Waals surface area contributed by atoms with Crippen molar-refractivity contribution in [2.24, 2.45) is 23.3 Å². The van der Waals surface area contributed by atoms with Crippen molar-refractivity contribution < 1.29 is 24.3 Å². The van der Waals surface area contributed by atoms with E-state index in [2.05, 4.69) is 16.0 Å². The van der Waals surface area contributed by atoms with Crippen molar-refractivity contribution >= 4 is 23.7 Å². The van der Waals surface area contributed by atoms with E-state index in [9.17, 15) is 24.3 Å². The van der Waals surface area contributed by atoms with E-state index in [0.717, 1.165) is 5.56 Å². The van der Waals surface area contributed by atoms with Crippen molar-refractivity contribution in [2.75, 3.05) is 6.54 Å². The van der Waals surface area contributed by atoms with Gasteiger partial charge in [-0.25, -0.2) is 4.79 Å². The Labute approximate surface area is 220 Å². The van der Waals surface area contributed by atoms with Gasteiger partial charge in [0.2, 0.25) is 17.7 Å². The Kier molecular flexibility index (Phi) is 14.5. The predicted molar refractivity (Wildman–Crippen MR) is 143 cm³/mol. The van der Waals surface area contributed by atoms with Gasteiger partial charge in [0.25, 0.3) is 0 Å². The SMILES string of the molecule is CCC(C)C(NC(=O)C(CCCCN)NC(=O)C(N)CC(C)C)C(=O)NC(Cc1ccccc1)C(=O)O. The van der Waals surface area contributed by atoms with Crippen molar-refractivity contribution in [2.45, 2.75) is 90.4 Å². The smallest absolute Gasteiger partial charge is 0.326 e. The number of nitrogens with one attached hydrogen (secondary N) is 3. The number of carbonyl (C=O) groups is 4. The summed E-state index contributed by atoms with van der Waals surface area (Å²) in [6, 6.07) is 5.20. The average Bonchev–Trinajstić information content (AvgIpc) is 2.85. The standard InChI is InChI=1S/C27H45N5O5/c1-5-18(4)23(26(35)31-22(27(36)37)16-19-11-7-6-8-12-19)32-25(34)21(13-9-10-14-28)30-24(33)20(29)15-17(2)3/h6-8,11-12,17-18,20-23H,5,9-10,13-16,28-29H2,1-4H3,(H,30,33)(H,31,35)(H,32,34)(H,36,37). The molecule has 0 spiro atoms. The molecule has 8 N–H and O–H groups in total. The van der Waals surface area contributed by atoms with Crippen molar-refractivity contribution in [3.05, 3.63) is 35.9 Å². The molecule has 1 rings (SSSR count). The molecule has 10 nitrogen and oxygen atoms in total. The average molecular weight is 520 g/mol. The Morgan fingerprint density at radius 3 is 2.05 bits per heavy atom. The first kappa shape index (κ1) is 32.0. The fourth-order valence-corrected chi connectivity index (χ4v) is 3.92. The summed E-state index contributed by atoms with van der Waals surface area (Å²) in [5.41, 5.74) is 12.4. The molecule has 0 saturated heterocycles. The molecule has 0 aliphatic rings. The molecule has 0 fully saturated rings. The second kappa shape index (κ2) is 16.7. The number of hydrogen-bond acceptors (Lipinski definition) is 6. The normalized spacial score (nSPS) is 15.2. The highest BCUT2D eigenvalue weighted by atomic mass is 16.4. The van der Waals surface area contributed by atoms with Crippen LogP contribution in [0.1, 0.15) is 65.4 Å². The lowest BCUT2D eigenvalue weighted by molar-refractivity contribution is -0.142. The molecule has 1 aromatic carbocycles.